The largest absolute Gasteiger partial charge is 0.444 e. The molecule has 0 aliphatic carbocycles. The van der Waals surface area contributed by atoms with Crippen LogP contribution in [0.5, 0.6) is 0 Å². The van der Waals surface area contributed by atoms with Crippen LogP contribution in [0.25, 0.3) is 10.2 Å². The molecule has 128 valence electrons. The van der Waals surface area contributed by atoms with E-state index in [0.717, 1.165) is 38.3 Å². The molecule has 0 spiro atoms. The van der Waals surface area contributed by atoms with Crippen molar-refractivity contribution in [2.45, 2.75) is 12.5 Å². The van der Waals surface area contributed by atoms with Crippen LogP contribution in [0.15, 0.2) is 42.0 Å². The summed E-state index contributed by atoms with van der Waals surface area (Å²) in [7, 11) is 0. The van der Waals surface area contributed by atoms with E-state index in [1.54, 1.807) is 17.7 Å². The number of halogens is 1. The fraction of sp³-hybridized carbons (Fsp3) is 0.235. The summed E-state index contributed by atoms with van der Waals surface area (Å²) in [6, 6.07) is 9.63. The number of nitrogens with one attached hydrogen (secondary N) is 1. The summed E-state index contributed by atoms with van der Waals surface area (Å²) in [5.74, 6) is 0.912. The third kappa shape index (κ3) is 3.69. The standard InChI is InChI=1S/C17H15IN4O2S/c18-11-1-3-12(4-2-11)21-17(23)24-13-5-7-22(9-13)15-14-6-8-25-16(14)20-10-19-15/h1-4,6,8,10,13H,5,7,9H2,(H,21,23). The van der Waals surface area contributed by atoms with Gasteiger partial charge in [0.2, 0.25) is 0 Å². The molecule has 4 rings (SSSR count). The van der Waals surface area contributed by atoms with Gasteiger partial charge in [0.1, 0.15) is 23.1 Å². The number of hydrogen-bond acceptors (Lipinski definition) is 6. The van der Waals surface area contributed by atoms with Gasteiger partial charge >= 0.3 is 6.09 Å². The molecule has 1 unspecified atom stereocenters. The van der Waals surface area contributed by atoms with Crippen LogP contribution in [0.3, 0.4) is 0 Å². The second-order valence-electron chi connectivity index (χ2n) is 5.73. The summed E-state index contributed by atoms with van der Waals surface area (Å²) >= 11 is 3.82. The summed E-state index contributed by atoms with van der Waals surface area (Å²) in [6.45, 7) is 1.45. The van der Waals surface area contributed by atoms with Gasteiger partial charge in [-0.15, -0.1) is 11.3 Å². The van der Waals surface area contributed by atoms with Crippen LogP contribution >= 0.6 is 33.9 Å². The van der Waals surface area contributed by atoms with Gasteiger partial charge in [-0.2, -0.15) is 0 Å². The predicted octanol–water partition coefficient (Wildman–Crippen LogP) is 4.12. The minimum atomic E-state index is -0.420. The third-order valence-corrected chi connectivity index (χ3v) is 5.59. The summed E-state index contributed by atoms with van der Waals surface area (Å²) < 4.78 is 6.67. The number of aromatic nitrogens is 2. The van der Waals surface area contributed by atoms with E-state index in [4.69, 9.17) is 4.74 Å². The van der Waals surface area contributed by atoms with Crippen molar-refractivity contribution >= 4 is 61.7 Å². The summed E-state index contributed by atoms with van der Waals surface area (Å²) in [5.41, 5.74) is 0.732. The number of benzene rings is 1. The predicted molar refractivity (Wildman–Crippen MR) is 107 cm³/mol. The summed E-state index contributed by atoms with van der Waals surface area (Å²) in [6.07, 6.45) is 1.81. The number of hydrogen-bond donors (Lipinski definition) is 1. The zero-order valence-corrected chi connectivity index (χ0v) is 16.2. The Morgan fingerprint density at radius 1 is 1.28 bits per heavy atom. The Morgan fingerprint density at radius 3 is 2.96 bits per heavy atom. The average molecular weight is 466 g/mol. The number of carbonyl (C=O) groups excluding carboxylic acids is 1. The average Bonchev–Trinajstić information content (AvgIpc) is 3.25. The number of nitrogens with zero attached hydrogens (tertiary/aromatic N) is 3. The first-order valence-corrected chi connectivity index (χ1v) is 9.81. The summed E-state index contributed by atoms with van der Waals surface area (Å²) in [5, 5.41) is 5.84. The van der Waals surface area contributed by atoms with Gasteiger partial charge < -0.3 is 9.64 Å². The number of rotatable bonds is 3. The SMILES string of the molecule is O=C(Nc1ccc(I)cc1)OC1CCN(c2ncnc3sccc23)C1. The molecule has 0 saturated carbocycles. The van der Waals surface area contributed by atoms with Crippen molar-refractivity contribution in [3.05, 3.63) is 45.6 Å². The van der Waals surface area contributed by atoms with E-state index in [1.807, 2.05) is 35.7 Å². The lowest BCUT2D eigenvalue weighted by atomic mass is 10.3. The number of carbonyl (C=O) groups is 1. The fourth-order valence-electron chi connectivity index (χ4n) is 2.88. The Kier molecular flexibility index (Phi) is 4.71. The zero-order valence-electron chi connectivity index (χ0n) is 13.2. The molecule has 6 nitrogen and oxygen atoms in total. The van der Waals surface area contributed by atoms with E-state index in [0.29, 0.717) is 6.54 Å². The molecule has 1 aliphatic rings. The van der Waals surface area contributed by atoms with Crippen LogP contribution in [0.1, 0.15) is 6.42 Å². The van der Waals surface area contributed by atoms with Crippen molar-refractivity contribution in [3.8, 4) is 0 Å². The first kappa shape index (κ1) is 16.5. The van der Waals surface area contributed by atoms with Crippen molar-refractivity contribution in [2.24, 2.45) is 0 Å². The van der Waals surface area contributed by atoms with Crippen LogP contribution in [-0.2, 0) is 4.74 Å². The van der Waals surface area contributed by atoms with Crippen LogP contribution in [0.4, 0.5) is 16.3 Å². The van der Waals surface area contributed by atoms with Gasteiger partial charge in [0.25, 0.3) is 0 Å². The highest BCUT2D eigenvalue weighted by molar-refractivity contribution is 14.1. The van der Waals surface area contributed by atoms with Crippen molar-refractivity contribution in [1.82, 2.24) is 9.97 Å². The molecule has 1 amide bonds. The maximum absolute atomic E-state index is 12.1. The van der Waals surface area contributed by atoms with E-state index >= 15 is 0 Å². The molecular formula is C17H15IN4O2S. The van der Waals surface area contributed by atoms with Crippen molar-refractivity contribution < 1.29 is 9.53 Å². The smallest absolute Gasteiger partial charge is 0.411 e. The molecule has 3 aromatic rings. The summed E-state index contributed by atoms with van der Waals surface area (Å²) in [4.78, 5) is 23.9. The number of anilines is 2. The molecule has 3 heterocycles. The van der Waals surface area contributed by atoms with Gasteiger partial charge in [0, 0.05) is 22.2 Å². The quantitative estimate of drug-likeness (QED) is 0.589. The molecule has 25 heavy (non-hydrogen) atoms. The van der Waals surface area contributed by atoms with Crippen LogP contribution < -0.4 is 10.2 Å². The van der Waals surface area contributed by atoms with Gasteiger partial charge in [-0.1, -0.05) is 0 Å². The van der Waals surface area contributed by atoms with E-state index in [-0.39, 0.29) is 6.10 Å². The third-order valence-electron chi connectivity index (χ3n) is 4.05. The fourth-order valence-corrected chi connectivity index (χ4v) is 3.96. The van der Waals surface area contributed by atoms with Crippen LogP contribution in [0, 0.1) is 3.57 Å². The van der Waals surface area contributed by atoms with E-state index < -0.39 is 6.09 Å². The molecule has 2 aromatic heterocycles. The van der Waals surface area contributed by atoms with Gasteiger partial charge in [0.15, 0.2) is 0 Å². The molecular weight excluding hydrogens is 451 g/mol. The number of ether oxygens (including phenoxy) is 1. The lowest BCUT2D eigenvalue weighted by molar-refractivity contribution is 0.122. The zero-order chi connectivity index (χ0) is 17.2. The Morgan fingerprint density at radius 2 is 2.12 bits per heavy atom. The molecule has 1 aromatic carbocycles. The Hall–Kier alpha value is -1.94. The number of fused-ring (bicyclic) bond motifs is 1. The highest BCUT2D eigenvalue weighted by atomic mass is 127. The topological polar surface area (TPSA) is 67.3 Å². The van der Waals surface area contributed by atoms with E-state index in [1.165, 1.54) is 0 Å². The van der Waals surface area contributed by atoms with Gasteiger partial charge in [-0.05, 0) is 58.3 Å². The van der Waals surface area contributed by atoms with Crippen LogP contribution in [0.2, 0.25) is 0 Å². The number of amides is 1. The normalized spacial score (nSPS) is 17.0. The van der Waals surface area contributed by atoms with Crippen molar-refractivity contribution in [2.75, 3.05) is 23.3 Å². The Labute approximate surface area is 162 Å². The second kappa shape index (κ2) is 7.12. The lowest BCUT2D eigenvalue weighted by Crippen LogP contribution is -2.27. The highest BCUT2D eigenvalue weighted by Gasteiger charge is 2.27. The molecule has 1 aliphatic heterocycles. The Balaban J connectivity index is 1.38. The van der Waals surface area contributed by atoms with Crippen molar-refractivity contribution in [3.63, 3.8) is 0 Å². The molecule has 1 N–H and O–H groups in total. The molecule has 0 radical (unpaired) electrons. The van der Waals surface area contributed by atoms with Crippen LogP contribution in [-0.4, -0.2) is 35.3 Å². The van der Waals surface area contributed by atoms with Gasteiger partial charge in [-0.3, -0.25) is 5.32 Å². The maximum Gasteiger partial charge on any atom is 0.411 e. The first-order chi connectivity index (χ1) is 12.2. The van der Waals surface area contributed by atoms with Gasteiger partial charge in [0.05, 0.1) is 11.9 Å². The Bertz CT molecular complexity index is 899. The van der Waals surface area contributed by atoms with Gasteiger partial charge in [-0.25, -0.2) is 14.8 Å². The number of thiophene rings is 1. The minimum Gasteiger partial charge on any atom is -0.444 e. The monoisotopic (exact) mass is 466 g/mol. The maximum atomic E-state index is 12.1. The second-order valence-corrected chi connectivity index (χ2v) is 7.87. The van der Waals surface area contributed by atoms with E-state index in [2.05, 4.69) is 42.8 Å². The lowest BCUT2D eigenvalue weighted by Gasteiger charge is -2.18. The molecule has 1 saturated heterocycles. The molecule has 1 atom stereocenters. The minimum absolute atomic E-state index is 0.146. The van der Waals surface area contributed by atoms with Crippen molar-refractivity contribution in [1.29, 1.82) is 0 Å². The first-order valence-electron chi connectivity index (χ1n) is 7.85. The van der Waals surface area contributed by atoms with E-state index in [9.17, 15) is 4.79 Å². The molecule has 8 heteroatoms. The highest BCUT2D eigenvalue weighted by Crippen LogP contribution is 2.29. The molecule has 1 fully saturated rings. The molecule has 0 bridgehead atoms.